The van der Waals surface area contributed by atoms with Gasteiger partial charge in [-0.25, -0.2) is 16.8 Å². The third-order valence-corrected chi connectivity index (χ3v) is 5.58. The SMILES string of the molecule is Cc1ccc(N(CC(=O)O)S(=O)(=O)CCS(C)(=O)=O)cc1. The Bertz CT molecular complexity index is 707. The van der Waals surface area contributed by atoms with E-state index >= 15 is 0 Å². The van der Waals surface area contributed by atoms with Crippen LogP contribution in [-0.4, -0.2) is 52.2 Å². The van der Waals surface area contributed by atoms with Gasteiger partial charge >= 0.3 is 5.97 Å². The molecule has 0 atom stereocenters. The average Bonchev–Trinajstić information content (AvgIpc) is 2.34. The van der Waals surface area contributed by atoms with E-state index in [1.807, 2.05) is 6.92 Å². The zero-order valence-electron chi connectivity index (χ0n) is 11.7. The van der Waals surface area contributed by atoms with Gasteiger partial charge in [0.15, 0.2) is 0 Å². The number of rotatable bonds is 7. The molecule has 0 aromatic heterocycles. The van der Waals surface area contributed by atoms with Crippen LogP contribution in [0, 0.1) is 6.92 Å². The summed E-state index contributed by atoms with van der Waals surface area (Å²) in [7, 11) is -7.50. The molecule has 9 heteroatoms. The summed E-state index contributed by atoms with van der Waals surface area (Å²) in [5, 5.41) is 8.87. The van der Waals surface area contributed by atoms with Gasteiger partial charge in [0.2, 0.25) is 10.0 Å². The van der Waals surface area contributed by atoms with Crippen LogP contribution in [0.25, 0.3) is 0 Å². The van der Waals surface area contributed by atoms with E-state index < -0.39 is 43.9 Å². The van der Waals surface area contributed by atoms with Crippen molar-refractivity contribution < 1.29 is 26.7 Å². The Hall–Kier alpha value is -1.61. The second kappa shape index (κ2) is 6.44. The summed E-state index contributed by atoms with van der Waals surface area (Å²) in [5.41, 5.74) is 1.08. The summed E-state index contributed by atoms with van der Waals surface area (Å²) in [6, 6.07) is 6.26. The highest BCUT2D eigenvalue weighted by molar-refractivity contribution is 7.95. The zero-order valence-corrected chi connectivity index (χ0v) is 13.3. The maximum absolute atomic E-state index is 12.2. The maximum atomic E-state index is 12.2. The Labute approximate surface area is 124 Å². The largest absolute Gasteiger partial charge is 0.480 e. The lowest BCUT2D eigenvalue weighted by molar-refractivity contribution is -0.135. The van der Waals surface area contributed by atoms with Gasteiger partial charge in [0.1, 0.15) is 16.4 Å². The molecule has 1 aromatic carbocycles. The molecular weight excluding hydrogens is 318 g/mol. The van der Waals surface area contributed by atoms with Crippen molar-refractivity contribution in [1.29, 1.82) is 0 Å². The summed E-state index contributed by atoms with van der Waals surface area (Å²) in [5.74, 6) is -2.54. The molecule has 0 aliphatic heterocycles. The lowest BCUT2D eigenvalue weighted by Gasteiger charge is -2.22. The van der Waals surface area contributed by atoms with Crippen molar-refractivity contribution in [2.24, 2.45) is 0 Å². The zero-order chi connectivity index (χ0) is 16.3. The minimum absolute atomic E-state index is 0.191. The smallest absolute Gasteiger partial charge is 0.324 e. The number of carboxylic acid groups (broad SMARTS) is 1. The van der Waals surface area contributed by atoms with Gasteiger partial charge in [0.25, 0.3) is 0 Å². The molecule has 0 fully saturated rings. The molecule has 7 nitrogen and oxygen atoms in total. The van der Waals surface area contributed by atoms with Crippen molar-refractivity contribution in [2.45, 2.75) is 6.92 Å². The predicted molar refractivity (Wildman–Crippen MR) is 79.7 cm³/mol. The van der Waals surface area contributed by atoms with Gasteiger partial charge in [-0.2, -0.15) is 0 Å². The second-order valence-electron chi connectivity index (χ2n) is 4.68. The minimum Gasteiger partial charge on any atom is -0.480 e. The quantitative estimate of drug-likeness (QED) is 0.765. The van der Waals surface area contributed by atoms with E-state index in [0.717, 1.165) is 11.8 Å². The Morgan fingerprint density at radius 2 is 1.62 bits per heavy atom. The molecule has 0 aliphatic rings. The standard InChI is InChI=1S/C12H17NO6S2/c1-10-3-5-11(6-4-10)13(9-12(14)15)21(18,19)8-7-20(2,16)17/h3-6H,7-9H2,1-2H3,(H,14,15). The third kappa shape index (κ3) is 5.72. The maximum Gasteiger partial charge on any atom is 0.324 e. The first-order valence-corrected chi connectivity index (χ1v) is 9.65. The summed E-state index contributed by atoms with van der Waals surface area (Å²) in [4.78, 5) is 10.9. The van der Waals surface area contributed by atoms with Gasteiger partial charge in [-0.05, 0) is 19.1 Å². The molecule has 0 amide bonds. The van der Waals surface area contributed by atoms with Gasteiger partial charge in [-0.1, -0.05) is 17.7 Å². The van der Waals surface area contributed by atoms with Crippen molar-refractivity contribution >= 4 is 31.5 Å². The topological polar surface area (TPSA) is 109 Å². The van der Waals surface area contributed by atoms with E-state index in [4.69, 9.17) is 5.11 Å². The van der Waals surface area contributed by atoms with E-state index in [9.17, 15) is 21.6 Å². The van der Waals surface area contributed by atoms with Crippen molar-refractivity contribution in [3.05, 3.63) is 29.8 Å². The van der Waals surface area contributed by atoms with Crippen molar-refractivity contribution in [1.82, 2.24) is 0 Å². The second-order valence-corrected chi connectivity index (χ2v) is 8.95. The highest BCUT2D eigenvalue weighted by Gasteiger charge is 2.26. The molecule has 0 spiro atoms. The molecule has 1 aromatic rings. The van der Waals surface area contributed by atoms with Crippen LogP contribution in [0.2, 0.25) is 0 Å². The van der Waals surface area contributed by atoms with E-state index in [1.165, 1.54) is 12.1 Å². The molecule has 1 rings (SSSR count). The van der Waals surface area contributed by atoms with Crippen LogP contribution < -0.4 is 4.31 Å². The first-order chi connectivity index (χ1) is 9.51. The molecule has 0 aliphatic carbocycles. The van der Waals surface area contributed by atoms with E-state index in [-0.39, 0.29) is 5.69 Å². The molecule has 21 heavy (non-hydrogen) atoms. The van der Waals surface area contributed by atoms with Gasteiger partial charge in [-0.15, -0.1) is 0 Å². The highest BCUT2D eigenvalue weighted by Crippen LogP contribution is 2.19. The molecule has 0 heterocycles. The number of hydrogen-bond donors (Lipinski definition) is 1. The average molecular weight is 335 g/mol. The number of anilines is 1. The Balaban J connectivity index is 3.12. The number of benzene rings is 1. The number of nitrogens with zero attached hydrogens (tertiary/aromatic N) is 1. The monoisotopic (exact) mass is 335 g/mol. The van der Waals surface area contributed by atoms with Crippen molar-refractivity contribution in [3.8, 4) is 0 Å². The first kappa shape index (κ1) is 17.4. The minimum atomic E-state index is -4.04. The van der Waals surface area contributed by atoms with E-state index in [2.05, 4.69) is 0 Å². The molecule has 0 radical (unpaired) electrons. The number of sulfonamides is 1. The predicted octanol–water partition coefficient (Wildman–Crippen LogP) is 0.260. The van der Waals surface area contributed by atoms with Crippen LogP contribution in [0.3, 0.4) is 0 Å². The number of aryl methyl sites for hydroxylation is 1. The fraction of sp³-hybridized carbons (Fsp3) is 0.417. The number of sulfone groups is 1. The van der Waals surface area contributed by atoms with Gasteiger partial charge in [0.05, 0.1) is 17.2 Å². The molecule has 118 valence electrons. The molecule has 0 bridgehead atoms. The summed E-state index contributed by atoms with van der Waals surface area (Å²) >= 11 is 0. The first-order valence-electron chi connectivity index (χ1n) is 5.98. The van der Waals surface area contributed by atoms with Crippen LogP contribution in [-0.2, 0) is 24.7 Å². The van der Waals surface area contributed by atoms with Gasteiger partial charge in [-0.3, -0.25) is 9.10 Å². The van der Waals surface area contributed by atoms with Crippen LogP contribution in [0.5, 0.6) is 0 Å². The third-order valence-electron chi connectivity index (χ3n) is 2.65. The highest BCUT2D eigenvalue weighted by atomic mass is 32.2. The Morgan fingerprint density at radius 1 is 1.10 bits per heavy atom. The fourth-order valence-corrected chi connectivity index (χ4v) is 4.57. The van der Waals surface area contributed by atoms with Crippen molar-refractivity contribution in [3.63, 3.8) is 0 Å². The van der Waals surface area contributed by atoms with E-state index in [0.29, 0.717) is 4.31 Å². The van der Waals surface area contributed by atoms with Crippen LogP contribution >= 0.6 is 0 Å². The normalized spacial score (nSPS) is 12.1. The summed E-state index contributed by atoms with van der Waals surface area (Å²) < 4.78 is 47.3. The van der Waals surface area contributed by atoms with Crippen LogP contribution in [0.1, 0.15) is 5.56 Å². The Morgan fingerprint density at radius 3 is 2.05 bits per heavy atom. The molecule has 1 N–H and O–H groups in total. The number of carboxylic acids is 1. The lowest BCUT2D eigenvalue weighted by atomic mass is 10.2. The number of hydrogen-bond acceptors (Lipinski definition) is 5. The lowest BCUT2D eigenvalue weighted by Crippen LogP contribution is -2.38. The van der Waals surface area contributed by atoms with Gasteiger partial charge in [0, 0.05) is 6.26 Å². The Kier molecular flexibility index (Phi) is 5.35. The summed E-state index contributed by atoms with van der Waals surface area (Å²) in [6.07, 6.45) is 0.927. The van der Waals surface area contributed by atoms with Crippen LogP contribution in [0.4, 0.5) is 5.69 Å². The molecular formula is C12H17NO6S2. The van der Waals surface area contributed by atoms with Gasteiger partial charge < -0.3 is 5.11 Å². The van der Waals surface area contributed by atoms with Crippen LogP contribution in [0.15, 0.2) is 24.3 Å². The molecule has 0 saturated carbocycles. The van der Waals surface area contributed by atoms with E-state index in [1.54, 1.807) is 12.1 Å². The molecule has 0 saturated heterocycles. The number of carbonyl (C=O) groups is 1. The fourth-order valence-electron chi connectivity index (χ4n) is 1.55. The summed E-state index contributed by atoms with van der Waals surface area (Å²) in [6.45, 7) is 1.05. The number of aliphatic carboxylic acids is 1. The van der Waals surface area contributed by atoms with Crippen molar-refractivity contribution in [2.75, 3.05) is 28.6 Å². The molecule has 0 unspecified atom stereocenters.